The summed E-state index contributed by atoms with van der Waals surface area (Å²) in [6.45, 7) is 6.27. The van der Waals surface area contributed by atoms with E-state index in [-0.39, 0.29) is 35.7 Å². The van der Waals surface area contributed by atoms with Gasteiger partial charge in [-0.05, 0) is 37.5 Å². The van der Waals surface area contributed by atoms with Crippen LogP contribution in [-0.4, -0.2) is 116 Å². The van der Waals surface area contributed by atoms with Gasteiger partial charge in [0.2, 0.25) is 11.8 Å². The Morgan fingerprint density at radius 1 is 0.978 bits per heavy atom. The molecule has 0 aliphatic carbocycles. The maximum absolute atomic E-state index is 14.5. The number of likely N-dealkylation sites (tertiary alicyclic amines) is 1. The quantitative estimate of drug-likeness (QED) is 0.280. The molecule has 4 heterocycles. The lowest BCUT2D eigenvalue weighted by molar-refractivity contribution is -0.136. The minimum absolute atomic E-state index is 0.0628. The van der Waals surface area contributed by atoms with E-state index < -0.39 is 41.4 Å². The number of anilines is 2. The predicted molar refractivity (Wildman–Crippen MR) is 166 cm³/mol. The van der Waals surface area contributed by atoms with Crippen LogP contribution in [0.3, 0.4) is 0 Å². The van der Waals surface area contributed by atoms with Gasteiger partial charge in [-0.3, -0.25) is 39.1 Å². The first-order valence-corrected chi connectivity index (χ1v) is 15.6. The summed E-state index contributed by atoms with van der Waals surface area (Å²) in [5.74, 6) is -2.95. The topological polar surface area (TPSA) is 158 Å². The Morgan fingerprint density at radius 2 is 1.67 bits per heavy atom. The second-order valence-corrected chi connectivity index (χ2v) is 12.1. The summed E-state index contributed by atoms with van der Waals surface area (Å²) in [5.41, 5.74) is 6.72. The number of carbonyl (C=O) groups excluding carboxylic acids is 5. The number of nitrogens with zero attached hydrogens (tertiary/aromatic N) is 4. The molecule has 3 fully saturated rings. The molecule has 4 N–H and O–H groups in total. The van der Waals surface area contributed by atoms with Gasteiger partial charge >= 0.3 is 0 Å². The van der Waals surface area contributed by atoms with Crippen molar-refractivity contribution in [1.29, 1.82) is 0 Å². The van der Waals surface area contributed by atoms with Crippen LogP contribution in [0.5, 0.6) is 5.75 Å². The lowest BCUT2D eigenvalue weighted by Crippen LogP contribution is -2.54. The molecule has 4 aliphatic rings. The van der Waals surface area contributed by atoms with E-state index in [4.69, 9.17) is 10.5 Å². The number of nitrogens with one attached hydrogen (secondary N) is 2. The number of rotatable bonds is 8. The molecule has 46 heavy (non-hydrogen) atoms. The third-order valence-corrected chi connectivity index (χ3v) is 9.37. The zero-order valence-corrected chi connectivity index (χ0v) is 25.7. The van der Waals surface area contributed by atoms with Gasteiger partial charge in [-0.1, -0.05) is 6.07 Å². The number of fused-ring (bicyclic) bond motifs is 1. The van der Waals surface area contributed by atoms with Crippen LogP contribution in [0, 0.1) is 5.82 Å². The second kappa shape index (κ2) is 13.0. The Balaban J connectivity index is 0.978. The van der Waals surface area contributed by atoms with Gasteiger partial charge in [-0.15, -0.1) is 0 Å². The zero-order valence-electron chi connectivity index (χ0n) is 25.7. The van der Waals surface area contributed by atoms with Crippen molar-refractivity contribution in [3.8, 4) is 5.75 Å². The molecule has 2 aromatic carbocycles. The zero-order chi connectivity index (χ0) is 32.5. The van der Waals surface area contributed by atoms with Crippen molar-refractivity contribution in [2.75, 3.05) is 70.1 Å². The van der Waals surface area contributed by atoms with Crippen LogP contribution in [0.2, 0.25) is 0 Å². The van der Waals surface area contributed by atoms with Gasteiger partial charge in [-0.2, -0.15) is 0 Å². The Bertz CT molecular complexity index is 1570. The van der Waals surface area contributed by atoms with E-state index in [0.29, 0.717) is 30.1 Å². The molecule has 6 rings (SSSR count). The van der Waals surface area contributed by atoms with Gasteiger partial charge in [0, 0.05) is 70.9 Å². The maximum atomic E-state index is 14.5. The number of imide groups is 2. The lowest BCUT2D eigenvalue weighted by atomic mass is 10.0. The van der Waals surface area contributed by atoms with E-state index in [0.717, 1.165) is 57.0 Å². The molecular formula is C32H38FN7O6. The van der Waals surface area contributed by atoms with Crippen LogP contribution in [0.15, 0.2) is 30.3 Å². The van der Waals surface area contributed by atoms with Gasteiger partial charge in [0.15, 0.2) is 5.82 Å². The van der Waals surface area contributed by atoms with Crippen molar-refractivity contribution in [1.82, 2.24) is 25.3 Å². The Hall–Kier alpha value is -4.56. The summed E-state index contributed by atoms with van der Waals surface area (Å²) in [6.07, 6.45) is 1.70. The highest BCUT2D eigenvalue weighted by Crippen LogP contribution is 2.34. The van der Waals surface area contributed by atoms with Crippen LogP contribution in [0.25, 0.3) is 0 Å². The Morgan fingerprint density at radius 3 is 2.35 bits per heavy atom. The number of amides is 5. The monoisotopic (exact) mass is 635 g/mol. The average Bonchev–Trinajstić information content (AvgIpc) is 3.31. The highest BCUT2D eigenvalue weighted by atomic mass is 19.1. The van der Waals surface area contributed by atoms with Gasteiger partial charge in [-0.25, -0.2) is 4.39 Å². The van der Waals surface area contributed by atoms with Gasteiger partial charge < -0.3 is 25.6 Å². The van der Waals surface area contributed by atoms with E-state index in [2.05, 4.69) is 25.3 Å². The first-order chi connectivity index (χ1) is 22.1. The van der Waals surface area contributed by atoms with Crippen molar-refractivity contribution in [3.63, 3.8) is 0 Å². The van der Waals surface area contributed by atoms with Crippen LogP contribution in [0.4, 0.5) is 15.8 Å². The first-order valence-electron chi connectivity index (χ1n) is 15.6. The maximum Gasteiger partial charge on any atom is 0.264 e. The van der Waals surface area contributed by atoms with E-state index >= 15 is 0 Å². The van der Waals surface area contributed by atoms with Crippen LogP contribution >= 0.6 is 0 Å². The fourth-order valence-electron chi connectivity index (χ4n) is 6.72. The third-order valence-electron chi connectivity index (χ3n) is 9.37. The number of carbonyl (C=O) groups is 5. The smallest absolute Gasteiger partial charge is 0.264 e. The molecule has 2 aromatic rings. The first kappa shape index (κ1) is 31.4. The molecule has 0 bridgehead atoms. The van der Waals surface area contributed by atoms with Crippen molar-refractivity contribution < 1.29 is 33.1 Å². The Labute approximate surface area is 265 Å². The molecule has 1 atom stereocenters. The Kier molecular flexibility index (Phi) is 8.91. The fraction of sp³-hybridized carbons (Fsp3) is 0.469. The lowest BCUT2D eigenvalue weighted by Gasteiger charge is -2.38. The number of piperidine rings is 2. The van der Waals surface area contributed by atoms with Crippen molar-refractivity contribution in [3.05, 3.63) is 52.8 Å². The second-order valence-electron chi connectivity index (χ2n) is 12.1. The number of nitrogens with two attached hydrogens (primary N) is 1. The van der Waals surface area contributed by atoms with Crippen molar-refractivity contribution >= 4 is 40.9 Å². The molecule has 4 aliphatic heterocycles. The van der Waals surface area contributed by atoms with Crippen LogP contribution < -0.4 is 26.0 Å². The number of ether oxygens (including phenoxy) is 1. The summed E-state index contributed by atoms with van der Waals surface area (Å²) < 4.78 is 19.6. The molecule has 13 nitrogen and oxygen atoms in total. The molecule has 5 amide bonds. The predicted octanol–water partition coefficient (Wildman–Crippen LogP) is 0.834. The average molecular weight is 636 g/mol. The number of methoxy groups -OCH3 is 1. The number of hydrogen-bond acceptors (Lipinski definition) is 10. The van der Waals surface area contributed by atoms with Gasteiger partial charge in [0.25, 0.3) is 17.7 Å². The molecular weight excluding hydrogens is 597 g/mol. The van der Waals surface area contributed by atoms with Crippen LogP contribution in [0.1, 0.15) is 56.8 Å². The third kappa shape index (κ3) is 6.14. The standard InChI is InChI=1S/C32H38FN7O6/c1-46-20-17-22(28(33)23(34)18-20)29(42)35-19-7-9-37(10-8-19)11-12-38-13-15-39(16-14-38)24-4-2-3-21-27(24)32(45)40(31(21)44)25-5-6-26(41)36-30(25)43/h2-4,17-19,25H,5-16,34H2,1H3,(H,35,42)(H,36,41,43). The normalized spacial score (nSPS) is 21.4. The summed E-state index contributed by atoms with van der Waals surface area (Å²) in [5, 5.41) is 5.17. The fourth-order valence-corrected chi connectivity index (χ4v) is 6.72. The molecule has 0 radical (unpaired) electrons. The summed E-state index contributed by atoms with van der Waals surface area (Å²) in [6, 6.07) is 6.86. The molecule has 3 saturated heterocycles. The molecule has 1 unspecified atom stereocenters. The minimum Gasteiger partial charge on any atom is -0.497 e. The number of halogens is 1. The highest BCUT2D eigenvalue weighted by molar-refractivity contribution is 6.25. The molecule has 0 spiro atoms. The van der Waals surface area contributed by atoms with E-state index in [1.54, 1.807) is 12.1 Å². The largest absolute Gasteiger partial charge is 0.497 e. The van der Waals surface area contributed by atoms with E-state index in [9.17, 15) is 28.4 Å². The van der Waals surface area contributed by atoms with E-state index in [1.807, 2.05) is 6.07 Å². The SMILES string of the molecule is COc1cc(N)c(F)c(C(=O)NC2CCN(CCN3CCN(c4cccc5c4C(=O)N(C4CCC(=O)NC4=O)C5=O)CC3)CC2)c1. The van der Waals surface area contributed by atoms with Crippen molar-refractivity contribution in [2.24, 2.45) is 0 Å². The highest BCUT2D eigenvalue weighted by Gasteiger charge is 2.46. The number of hydrogen-bond donors (Lipinski definition) is 3. The van der Waals surface area contributed by atoms with Gasteiger partial charge in [0.05, 0.1) is 35.2 Å². The summed E-state index contributed by atoms with van der Waals surface area (Å²) in [7, 11) is 1.43. The molecule has 0 aromatic heterocycles. The van der Waals surface area contributed by atoms with Crippen LogP contribution in [-0.2, 0) is 9.59 Å². The van der Waals surface area contributed by atoms with E-state index in [1.165, 1.54) is 19.2 Å². The summed E-state index contributed by atoms with van der Waals surface area (Å²) >= 11 is 0. The van der Waals surface area contributed by atoms with Crippen molar-refractivity contribution in [2.45, 2.75) is 37.8 Å². The summed E-state index contributed by atoms with van der Waals surface area (Å²) in [4.78, 5) is 71.4. The molecule has 244 valence electrons. The molecule has 0 saturated carbocycles. The number of benzene rings is 2. The minimum atomic E-state index is -0.994. The number of piperazine rings is 1. The molecule has 14 heteroatoms. The van der Waals surface area contributed by atoms with Gasteiger partial charge in [0.1, 0.15) is 11.8 Å². The number of nitrogen functional groups attached to an aromatic ring is 1.